The fourth-order valence-electron chi connectivity index (χ4n) is 1.64. The van der Waals surface area contributed by atoms with Gasteiger partial charge in [-0.2, -0.15) is 0 Å². The molecule has 2 rings (SSSR count). The predicted octanol–water partition coefficient (Wildman–Crippen LogP) is 1.75. The Kier molecular flexibility index (Phi) is 2.53. The third-order valence-electron chi connectivity index (χ3n) is 2.33. The van der Waals surface area contributed by atoms with Crippen molar-refractivity contribution < 1.29 is 4.92 Å². The van der Waals surface area contributed by atoms with Crippen LogP contribution in [0.3, 0.4) is 0 Å². The molecule has 15 heavy (non-hydrogen) atoms. The first-order valence-electron chi connectivity index (χ1n) is 4.66. The molecule has 0 aliphatic carbocycles. The van der Waals surface area contributed by atoms with Gasteiger partial charge in [-0.15, -0.1) is 0 Å². The molecule has 0 atom stereocenters. The summed E-state index contributed by atoms with van der Waals surface area (Å²) in [7, 11) is 0. The summed E-state index contributed by atoms with van der Waals surface area (Å²) in [6.07, 6.45) is 3.54. The number of rotatable bonds is 4. The van der Waals surface area contributed by atoms with E-state index in [1.807, 2.05) is 24.3 Å². The average molecular weight is 205 g/mol. The zero-order chi connectivity index (χ0) is 10.7. The fourth-order valence-corrected chi connectivity index (χ4v) is 1.64. The van der Waals surface area contributed by atoms with Crippen LogP contribution in [0.1, 0.15) is 17.3 Å². The van der Waals surface area contributed by atoms with Crippen LogP contribution in [-0.4, -0.2) is 21.4 Å². The van der Waals surface area contributed by atoms with E-state index in [2.05, 4.69) is 9.97 Å². The van der Waals surface area contributed by atoms with Gasteiger partial charge in [-0.1, -0.05) is 0 Å². The molecule has 2 heterocycles. The van der Waals surface area contributed by atoms with Crippen LogP contribution < -0.4 is 0 Å². The maximum Gasteiger partial charge on any atom is 0.217 e. The molecule has 2 aromatic rings. The Labute approximate surface area is 86.3 Å². The van der Waals surface area contributed by atoms with Crippen molar-refractivity contribution >= 4 is 0 Å². The molecule has 0 amide bonds. The highest BCUT2D eigenvalue weighted by Gasteiger charge is 2.21. The summed E-state index contributed by atoms with van der Waals surface area (Å²) in [6, 6.07) is 7.39. The van der Waals surface area contributed by atoms with Crippen molar-refractivity contribution in [2.75, 3.05) is 6.54 Å². The van der Waals surface area contributed by atoms with E-state index in [1.54, 1.807) is 12.4 Å². The fraction of sp³-hybridized carbons (Fsp3) is 0.200. The zero-order valence-electron chi connectivity index (χ0n) is 8.01. The van der Waals surface area contributed by atoms with E-state index in [1.165, 1.54) is 0 Å². The van der Waals surface area contributed by atoms with E-state index in [-0.39, 0.29) is 17.4 Å². The smallest absolute Gasteiger partial charge is 0.217 e. The lowest BCUT2D eigenvalue weighted by Gasteiger charge is -2.09. The summed E-state index contributed by atoms with van der Waals surface area (Å²) in [5.74, 6) is -0.231. The molecule has 0 aliphatic heterocycles. The number of nitrogens with zero attached hydrogens (tertiary/aromatic N) is 1. The quantitative estimate of drug-likeness (QED) is 0.589. The number of hydrogen-bond acceptors (Lipinski definition) is 2. The van der Waals surface area contributed by atoms with Gasteiger partial charge in [-0.05, 0) is 24.3 Å². The standard InChI is InChI=1S/C10H11N3O2/c14-13(15)7-8(9-3-1-5-11-9)10-4-2-6-12-10/h1-6,8,11-12H,7H2. The second-order valence-electron chi connectivity index (χ2n) is 3.32. The van der Waals surface area contributed by atoms with E-state index in [4.69, 9.17) is 0 Å². The van der Waals surface area contributed by atoms with Crippen molar-refractivity contribution in [1.82, 2.24) is 9.97 Å². The minimum atomic E-state index is -0.299. The summed E-state index contributed by atoms with van der Waals surface area (Å²) in [4.78, 5) is 16.3. The molecule has 5 nitrogen and oxygen atoms in total. The Morgan fingerprint density at radius 1 is 1.20 bits per heavy atom. The van der Waals surface area contributed by atoms with Gasteiger partial charge in [0.05, 0.1) is 0 Å². The van der Waals surface area contributed by atoms with Crippen molar-refractivity contribution in [1.29, 1.82) is 0 Å². The zero-order valence-corrected chi connectivity index (χ0v) is 8.01. The van der Waals surface area contributed by atoms with Crippen LogP contribution in [0.2, 0.25) is 0 Å². The molecular weight excluding hydrogens is 194 g/mol. The van der Waals surface area contributed by atoms with Gasteiger partial charge >= 0.3 is 0 Å². The van der Waals surface area contributed by atoms with E-state index < -0.39 is 0 Å². The predicted molar refractivity (Wildman–Crippen MR) is 55.3 cm³/mol. The lowest BCUT2D eigenvalue weighted by Crippen LogP contribution is -2.14. The van der Waals surface area contributed by atoms with Crippen LogP contribution in [0.15, 0.2) is 36.7 Å². The Bertz CT molecular complexity index is 385. The van der Waals surface area contributed by atoms with E-state index in [0.29, 0.717) is 0 Å². The molecule has 5 heteroatoms. The van der Waals surface area contributed by atoms with Crippen LogP contribution in [0.5, 0.6) is 0 Å². The largest absolute Gasteiger partial charge is 0.364 e. The molecule has 0 spiro atoms. The summed E-state index contributed by atoms with van der Waals surface area (Å²) < 4.78 is 0. The van der Waals surface area contributed by atoms with Crippen LogP contribution in [0, 0.1) is 10.1 Å². The van der Waals surface area contributed by atoms with Gasteiger partial charge in [-0.3, -0.25) is 10.1 Å². The van der Waals surface area contributed by atoms with Gasteiger partial charge in [0, 0.05) is 28.7 Å². The summed E-state index contributed by atoms with van der Waals surface area (Å²) in [6.45, 7) is -0.110. The topological polar surface area (TPSA) is 74.7 Å². The molecule has 0 radical (unpaired) electrons. The minimum absolute atomic E-state index is 0.110. The van der Waals surface area contributed by atoms with Crippen LogP contribution >= 0.6 is 0 Å². The number of aromatic nitrogens is 2. The van der Waals surface area contributed by atoms with Gasteiger partial charge < -0.3 is 9.97 Å². The lowest BCUT2D eigenvalue weighted by molar-refractivity contribution is -0.482. The molecular formula is C10H11N3O2. The summed E-state index contributed by atoms with van der Waals surface area (Å²) in [5.41, 5.74) is 1.71. The second-order valence-corrected chi connectivity index (χ2v) is 3.32. The number of nitro groups is 1. The number of nitrogens with one attached hydrogen (secondary N) is 2. The van der Waals surface area contributed by atoms with Crippen molar-refractivity contribution in [3.05, 3.63) is 58.2 Å². The first-order chi connectivity index (χ1) is 7.27. The van der Waals surface area contributed by atoms with Gasteiger partial charge in [-0.25, -0.2) is 0 Å². The highest BCUT2D eigenvalue weighted by atomic mass is 16.6. The summed E-state index contributed by atoms with van der Waals surface area (Å²) >= 11 is 0. The van der Waals surface area contributed by atoms with Crippen molar-refractivity contribution in [3.63, 3.8) is 0 Å². The molecule has 0 unspecified atom stereocenters. The van der Waals surface area contributed by atoms with Gasteiger partial charge in [0.15, 0.2) is 0 Å². The molecule has 0 aromatic carbocycles. The average Bonchev–Trinajstić information content (AvgIpc) is 2.87. The Morgan fingerprint density at radius 3 is 2.07 bits per heavy atom. The molecule has 78 valence electrons. The van der Waals surface area contributed by atoms with Crippen molar-refractivity contribution in [2.45, 2.75) is 5.92 Å². The van der Waals surface area contributed by atoms with Crippen molar-refractivity contribution in [2.24, 2.45) is 0 Å². The first-order valence-corrected chi connectivity index (χ1v) is 4.66. The number of H-pyrrole nitrogens is 2. The Morgan fingerprint density at radius 2 is 1.73 bits per heavy atom. The third-order valence-corrected chi connectivity index (χ3v) is 2.33. The van der Waals surface area contributed by atoms with E-state index in [0.717, 1.165) is 11.4 Å². The van der Waals surface area contributed by atoms with E-state index in [9.17, 15) is 10.1 Å². The maximum atomic E-state index is 10.6. The highest BCUT2D eigenvalue weighted by molar-refractivity contribution is 5.23. The minimum Gasteiger partial charge on any atom is -0.364 e. The van der Waals surface area contributed by atoms with Crippen molar-refractivity contribution in [3.8, 4) is 0 Å². The normalized spacial score (nSPS) is 10.7. The van der Waals surface area contributed by atoms with E-state index >= 15 is 0 Å². The van der Waals surface area contributed by atoms with Gasteiger partial charge in [0.25, 0.3) is 0 Å². The maximum absolute atomic E-state index is 10.6. The molecule has 0 saturated heterocycles. The number of aromatic amines is 2. The highest BCUT2D eigenvalue weighted by Crippen LogP contribution is 2.21. The number of hydrogen-bond donors (Lipinski definition) is 2. The Hall–Kier alpha value is -2.04. The monoisotopic (exact) mass is 205 g/mol. The first kappa shape index (κ1) is 9.51. The van der Waals surface area contributed by atoms with Gasteiger partial charge in [0.2, 0.25) is 6.54 Å². The SMILES string of the molecule is O=[N+]([O-])CC(c1ccc[nH]1)c1ccc[nH]1. The molecule has 0 bridgehead atoms. The molecule has 2 N–H and O–H groups in total. The second kappa shape index (κ2) is 4.00. The van der Waals surface area contributed by atoms with Crippen LogP contribution in [-0.2, 0) is 0 Å². The third kappa shape index (κ3) is 2.07. The lowest BCUT2D eigenvalue weighted by atomic mass is 10.0. The molecule has 0 fully saturated rings. The molecule has 0 aliphatic rings. The van der Waals surface area contributed by atoms with Crippen LogP contribution in [0.4, 0.5) is 0 Å². The molecule has 0 saturated carbocycles. The Balaban J connectivity index is 2.29. The molecule has 2 aromatic heterocycles. The summed E-state index contributed by atoms with van der Waals surface area (Å²) in [5, 5.41) is 10.6. The van der Waals surface area contributed by atoms with Crippen LogP contribution in [0.25, 0.3) is 0 Å². The van der Waals surface area contributed by atoms with Gasteiger partial charge in [0.1, 0.15) is 5.92 Å².